The highest BCUT2D eigenvalue weighted by Crippen LogP contribution is 2.17. The molecular formula is C16H31IN4O. The molecule has 0 radical (unpaired) electrons. The average molecular weight is 422 g/mol. The lowest BCUT2D eigenvalue weighted by atomic mass is 9.96. The number of guanidine groups is 1. The predicted octanol–water partition coefficient (Wildman–Crippen LogP) is 2.50. The Morgan fingerprint density at radius 2 is 1.73 bits per heavy atom. The summed E-state index contributed by atoms with van der Waals surface area (Å²) >= 11 is 0. The van der Waals surface area contributed by atoms with Crippen LogP contribution in [0, 0.1) is 0 Å². The molecule has 0 atom stereocenters. The van der Waals surface area contributed by atoms with Gasteiger partial charge in [-0.2, -0.15) is 0 Å². The third kappa shape index (κ3) is 6.71. The Balaban J connectivity index is 0.00000242. The van der Waals surface area contributed by atoms with Crippen molar-refractivity contribution in [1.29, 1.82) is 0 Å². The Morgan fingerprint density at radius 3 is 2.36 bits per heavy atom. The number of aliphatic imine (C=N–C) groups is 1. The second-order valence-electron chi connectivity index (χ2n) is 6.12. The Kier molecular flexibility index (Phi) is 9.82. The van der Waals surface area contributed by atoms with Gasteiger partial charge >= 0.3 is 0 Å². The van der Waals surface area contributed by atoms with Crippen LogP contribution in [0.5, 0.6) is 0 Å². The van der Waals surface area contributed by atoms with Gasteiger partial charge in [-0.25, -0.2) is 4.99 Å². The van der Waals surface area contributed by atoms with Gasteiger partial charge in [0.1, 0.15) is 6.54 Å². The molecule has 0 aromatic carbocycles. The quantitative estimate of drug-likeness (QED) is 0.416. The molecule has 6 heteroatoms. The van der Waals surface area contributed by atoms with Gasteiger partial charge in [-0.3, -0.25) is 4.79 Å². The van der Waals surface area contributed by atoms with Crippen molar-refractivity contribution in [3.05, 3.63) is 0 Å². The SMILES string of the molecule is CCNC(=NCC(=O)N1CCCCC1)NC1CCCCC1.I. The highest BCUT2D eigenvalue weighted by Gasteiger charge is 2.17. The Hall–Kier alpha value is -0.530. The molecule has 0 aromatic rings. The van der Waals surface area contributed by atoms with Crippen molar-refractivity contribution in [2.75, 3.05) is 26.2 Å². The maximum atomic E-state index is 12.2. The molecule has 0 unspecified atom stereocenters. The third-order valence-corrected chi connectivity index (χ3v) is 4.37. The molecule has 1 saturated heterocycles. The lowest BCUT2D eigenvalue weighted by Crippen LogP contribution is -2.45. The van der Waals surface area contributed by atoms with Crippen LogP contribution in [0.2, 0.25) is 0 Å². The van der Waals surface area contributed by atoms with Crippen molar-refractivity contribution in [1.82, 2.24) is 15.5 Å². The van der Waals surface area contributed by atoms with Crippen LogP contribution in [-0.4, -0.2) is 49.0 Å². The largest absolute Gasteiger partial charge is 0.357 e. The number of nitrogens with zero attached hydrogens (tertiary/aromatic N) is 2. The van der Waals surface area contributed by atoms with Crippen molar-refractivity contribution in [3.8, 4) is 0 Å². The van der Waals surface area contributed by atoms with Crippen molar-refractivity contribution in [2.24, 2.45) is 4.99 Å². The van der Waals surface area contributed by atoms with E-state index in [1.54, 1.807) is 0 Å². The second kappa shape index (κ2) is 11.1. The normalized spacial score (nSPS) is 20.2. The van der Waals surface area contributed by atoms with Crippen LogP contribution in [0.3, 0.4) is 0 Å². The first-order valence-electron chi connectivity index (χ1n) is 8.62. The molecule has 22 heavy (non-hydrogen) atoms. The maximum Gasteiger partial charge on any atom is 0.244 e. The number of halogens is 1. The highest BCUT2D eigenvalue weighted by atomic mass is 127. The van der Waals surface area contributed by atoms with Crippen LogP contribution in [0.4, 0.5) is 0 Å². The minimum Gasteiger partial charge on any atom is -0.357 e. The number of nitrogens with one attached hydrogen (secondary N) is 2. The summed E-state index contributed by atoms with van der Waals surface area (Å²) in [5.41, 5.74) is 0. The molecule has 2 aliphatic rings. The zero-order chi connectivity index (χ0) is 14.9. The molecule has 5 nitrogen and oxygen atoms in total. The number of hydrogen-bond acceptors (Lipinski definition) is 2. The molecule has 1 saturated carbocycles. The van der Waals surface area contributed by atoms with Crippen molar-refractivity contribution < 1.29 is 4.79 Å². The number of hydrogen-bond donors (Lipinski definition) is 2. The van der Waals surface area contributed by atoms with E-state index in [1.807, 2.05) is 4.90 Å². The molecular weight excluding hydrogens is 391 g/mol. The monoisotopic (exact) mass is 422 g/mol. The number of rotatable bonds is 4. The van der Waals surface area contributed by atoms with Gasteiger partial charge in [-0.15, -0.1) is 24.0 Å². The second-order valence-corrected chi connectivity index (χ2v) is 6.12. The van der Waals surface area contributed by atoms with Crippen LogP contribution >= 0.6 is 24.0 Å². The molecule has 2 fully saturated rings. The number of carbonyl (C=O) groups is 1. The summed E-state index contributed by atoms with van der Waals surface area (Å²) in [7, 11) is 0. The number of carbonyl (C=O) groups excluding carboxylic acids is 1. The fraction of sp³-hybridized carbons (Fsp3) is 0.875. The van der Waals surface area contributed by atoms with E-state index < -0.39 is 0 Å². The lowest BCUT2D eigenvalue weighted by molar-refractivity contribution is -0.130. The maximum absolute atomic E-state index is 12.2. The van der Waals surface area contributed by atoms with Gasteiger partial charge in [-0.1, -0.05) is 19.3 Å². The van der Waals surface area contributed by atoms with Gasteiger partial charge in [0.05, 0.1) is 0 Å². The number of likely N-dealkylation sites (tertiary alicyclic amines) is 1. The zero-order valence-electron chi connectivity index (χ0n) is 13.8. The van der Waals surface area contributed by atoms with E-state index in [-0.39, 0.29) is 36.4 Å². The van der Waals surface area contributed by atoms with Gasteiger partial charge in [-0.05, 0) is 39.0 Å². The summed E-state index contributed by atoms with van der Waals surface area (Å²) in [4.78, 5) is 18.6. The minimum atomic E-state index is 0. The molecule has 128 valence electrons. The van der Waals surface area contributed by atoms with E-state index in [9.17, 15) is 4.79 Å². The van der Waals surface area contributed by atoms with E-state index in [0.717, 1.165) is 38.4 Å². The number of amides is 1. The van der Waals surface area contributed by atoms with Gasteiger partial charge < -0.3 is 15.5 Å². The average Bonchev–Trinajstić information content (AvgIpc) is 2.54. The fourth-order valence-corrected chi connectivity index (χ4v) is 3.15. The summed E-state index contributed by atoms with van der Waals surface area (Å²) in [5.74, 6) is 0.963. The van der Waals surface area contributed by atoms with Crippen LogP contribution in [0.1, 0.15) is 58.3 Å². The standard InChI is InChI=1S/C16H30N4O.HI/c1-2-17-16(19-14-9-5-3-6-10-14)18-13-15(21)20-11-7-4-8-12-20;/h14H,2-13H2,1H3,(H2,17,18,19);1H. The third-order valence-electron chi connectivity index (χ3n) is 4.37. The van der Waals surface area contributed by atoms with Crippen molar-refractivity contribution >= 4 is 35.8 Å². The summed E-state index contributed by atoms with van der Waals surface area (Å²) in [6.07, 6.45) is 9.88. The van der Waals surface area contributed by atoms with Crippen molar-refractivity contribution in [3.63, 3.8) is 0 Å². The summed E-state index contributed by atoms with van der Waals surface area (Å²) in [6, 6.07) is 0.515. The van der Waals surface area contributed by atoms with E-state index in [4.69, 9.17) is 0 Å². The van der Waals surface area contributed by atoms with E-state index in [0.29, 0.717) is 6.04 Å². The van der Waals surface area contributed by atoms with Crippen LogP contribution in [0.25, 0.3) is 0 Å². The van der Waals surface area contributed by atoms with E-state index in [2.05, 4.69) is 22.5 Å². The molecule has 1 heterocycles. The Bertz CT molecular complexity index is 350. The number of piperidine rings is 1. The summed E-state index contributed by atoms with van der Waals surface area (Å²) in [6.45, 7) is 4.96. The molecule has 1 amide bonds. The Morgan fingerprint density at radius 1 is 1.09 bits per heavy atom. The molecule has 0 aromatic heterocycles. The predicted molar refractivity (Wildman–Crippen MR) is 102 cm³/mol. The minimum absolute atomic E-state index is 0. The molecule has 0 spiro atoms. The summed E-state index contributed by atoms with van der Waals surface area (Å²) in [5, 5.41) is 6.74. The lowest BCUT2D eigenvalue weighted by Gasteiger charge is -2.27. The van der Waals surface area contributed by atoms with Crippen LogP contribution < -0.4 is 10.6 Å². The van der Waals surface area contributed by atoms with E-state index in [1.165, 1.54) is 38.5 Å². The topological polar surface area (TPSA) is 56.7 Å². The van der Waals surface area contributed by atoms with E-state index >= 15 is 0 Å². The van der Waals surface area contributed by atoms with Gasteiger partial charge in [0.15, 0.2) is 5.96 Å². The van der Waals surface area contributed by atoms with Crippen LogP contribution in [-0.2, 0) is 4.79 Å². The first-order chi connectivity index (χ1) is 10.3. The summed E-state index contributed by atoms with van der Waals surface area (Å²) < 4.78 is 0. The fourth-order valence-electron chi connectivity index (χ4n) is 3.15. The van der Waals surface area contributed by atoms with Gasteiger partial charge in [0, 0.05) is 25.7 Å². The molecule has 1 aliphatic heterocycles. The van der Waals surface area contributed by atoms with Crippen LogP contribution in [0.15, 0.2) is 4.99 Å². The highest BCUT2D eigenvalue weighted by molar-refractivity contribution is 14.0. The van der Waals surface area contributed by atoms with Crippen molar-refractivity contribution in [2.45, 2.75) is 64.3 Å². The molecule has 0 bridgehead atoms. The van der Waals surface area contributed by atoms with Gasteiger partial charge in [0.25, 0.3) is 0 Å². The first-order valence-corrected chi connectivity index (χ1v) is 8.62. The zero-order valence-corrected chi connectivity index (χ0v) is 16.1. The molecule has 2 N–H and O–H groups in total. The Labute approximate surface area is 151 Å². The molecule has 1 aliphatic carbocycles. The molecule has 2 rings (SSSR count). The van der Waals surface area contributed by atoms with Gasteiger partial charge in [0.2, 0.25) is 5.91 Å². The first kappa shape index (κ1) is 19.5. The smallest absolute Gasteiger partial charge is 0.244 e.